The van der Waals surface area contributed by atoms with E-state index >= 15 is 0 Å². The molecule has 3 rings (SSSR count). The number of para-hydroxylation sites is 1. The van der Waals surface area contributed by atoms with Crippen LogP contribution in [0.3, 0.4) is 0 Å². The first-order valence-corrected chi connectivity index (χ1v) is 5.73. The highest BCUT2D eigenvalue weighted by Crippen LogP contribution is 2.27. The van der Waals surface area contributed by atoms with Gasteiger partial charge in [-0.15, -0.1) is 5.10 Å². The van der Waals surface area contributed by atoms with Crippen molar-refractivity contribution in [3.8, 4) is 5.75 Å². The largest absolute Gasteiger partial charge is 0.494 e. The zero-order valence-corrected chi connectivity index (χ0v) is 10.6. The average Bonchev–Trinajstić information content (AvgIpc) is 2.90. The van der Waals surface area contributed by atoms with Gasteiger partial charge in [0.05, 0.1) is 13.7 Å². The number of nitrogen functional groups attached to an aromatic ring is 1. The van der Waals surface area contributed by atoms with Gasteiger partial charge in [0, 0.05) is 10.3 Å². The molecule has 2 aromatic heterocycles. The molecule has 0 unspecified atom stereocenters. The molecule has 0 bridgehead atoms. The zero-order chi connectivity index (χ0) is 14.1. The Labute approximate surface area is 112 Å². The minimum absolute atomic E-state index is 0.0586. The van der Waals surface area contributed by atoms with Crippen LogP contribution in [0, 0.1) is 0 Å². The van der Waals surface area contributed by atoms with Crippen molar-refractivity contribution in [2.75, 3.05) is 12.8 Å². The van der Waals surface area contributed by atoms with Crippen LogP contribution in [0.4, 0.5) is 5.95 Å². The Morgan fingerprint density at radius 3 is 3.05 bits per heavy atom. The molecule has 0 aliphatic heterocycles. The summed E-state index contributed by atoms with van der Waals surface area (Å²) < 4.78 is 6.68. The standard InChI is InChI=1S/C11H10N8O/c1-20-7-4-2-3-6-9(7)16-11(12)19-10(6)15-8(17-19)5-14-18-13/h2-4H,5H2,1H3,(H2,12,16). The second-order valence-electron chi connectivity index (χ2n) is 3.98. The van der Waals surface area contributed by atoms with Gasteiger partial charge < -0.3 is 10.5 Å². The third kappa shape index (κ3) is 1.73. The van der Waals surface area contributed by atoms with E-state index in [1.165, 1.54) is 4.52 Å². The molecule has 0 spiro atoms. The summed E-state index contributed by atoms with van der Waals surface area (Å²) in [6.45, 7) is 0.0586. The van der Waals surface area contributed by atoms with E-state index in [1.54, 1.807) is 13.2 Å². The lowest BCUT2D eigenvalue weighted by molar-refractivity contribution is 0.419. The number of rotatable bonds is 3. The predicted octanol–water partition coefficient (Wildman–Crippen LogP) is 1.68. The number of nitrogens with two attached hydrogens (primary N) is 1. The SMILES string of the molecule is COc1cccc2c1nc(N)n1nc(CN=[N+]=[N-])nc21. The summed E-state index contributed by atoms with van der Waals surface area (Å²) in [6, 6.07) is 5.48. The first-order valence-electron chi connectivity index (χ1n) is 5.73. The highest BCUT2D eigenvalue weighted by molar-refractivity contribution is 5.95. The van der Waals surface area contributed by atoms with Crippen molar-refractivity contribution in [2.45, 2.75) is 6.54 Å². The van der Waals surface area contributed by atoms with Crippen LogP contribution in [0.2, 0.25) is 0 Å². The molecule has 2 N–H and O–H groups in total. The maximum Gasteiger partial charge on any atom is 0.223 e. The molecule has 100 valence electrons. The van der Waals surface area contributed by atoms with Crippen LogP contribution in [0.5, 0.6) is 5.75 Å². The summed E-state index contributed by atoms with van der Waals surface area (Å²) in [5, 5.41) is 8.37. The Kier molecular flexibility index (Phi) is 2.73. The maximum absolute atomic E-state index is 8.34. The van der Waals surface area contributed by atoms with E-state index in [1.807, 2.05) is 12.1 Å². The Hall–Kier alpha value is -3.06. The van der Waals surface area contributed by atoms with E-state index in [-0.39, 0.29) is 12.5 Å². The number of hydrogen-bond acceptors (Lipinski definition) is 6. The minimum atomic E-state index is 0.0586. The molecule has 20 heavy (non-hydrogen) atoms. The summed E-state index contributed by atoms with van der Waals surface area (Å²) in [7, 11) is 1.56. The van der Waals surface area contributed by atoms with Gasteiger partial charge in [0.1, 0.15) is 11.3 Å². The van der Waals surface area contributed by atoms with Crippen LogP contribution in [-0.4, -0.2) is 26.7 Å². The van der Waals surface area contributed by atoms with Crippen LogP contribution in [-0.2, 0) is 6.54 Å². The lowest BCUT2D eigenvalue weighted by Gasteiger charge is -2.06. The Balaban J connectivity index is 2.34. The number of fused-ring (bicyclic) bond motifs is 3. The average molecular weight is 270 g/mol. The molecule has 0 aliphatic carbocycles. The van der Waals surface area contributed by atoms with Gasteiger partial charge in [0.25, 0.3) is 0 Å². The maximum atomic E-state index is 8.34. The summed E-state index contributed by atoms with van der Waals surface area (Å²) in [4.78, 5) is 11.3. The molecule has 0 amide bonds. The lowest BCUT2D eigenvalue weighted by Crippen LogP contribution is -2.03. The van der Waals surface area contributed by atoms with Crippen molar-refractivity contribution >= 4 is 22.5 Å². The first kappa shape index (κ1) is 12.0. The molecule has 9 heteroatoms. The summed E-state index contributed by atoms with van der Waals surface area (Å²) >= 11 is 0. The number of nitrogens with zero attached hydrogens (tertiary/aromatic N) is 7. The van der Waals surface area contributed by atoms with E-state index in [0.29, 0.717) is 22.7 Å². The van der Waals surface area contributed by atoms with Gasteiger partial charge in [-0.3, -0.25) is 0 Å². The molecule has 9 nitrogen and oxygen atoms in total. The number of aromatic nitrogens is 4. The van der Waals surface area contributed by atoms with E-state index in [2.05, 4.69) is 25.1 Å². The minimum Gasteiger partial charge on any atom is -0.494 e. The van der Waals surface area contributed by atoms with E-state index < -0.39 is 0 Å². The molecular weight excluding hydrogens is 260 g/mol. The van der Waals surface area contributed by atoms with Crippen molar-refractivity contribution in [1.29, 1.82) is 0 Å². The van der Waals surface area contributed by atoms with Gasteiger partial charge in [-0.2, -0.15) is 4.52 Å². The fourth-order valence-corrected chi connectivity index (χ4v) is 2.00. The number of hydrogen-bond donors (Lipinski definition) is 1. The smallest absolute Gasteiger partial charge is 0.223 e. The van der Waals surface area contributed by atoms with Crippen molar-refractivity contribution in [2.24, 2.45) is 5.11 Å². The Bertz CT molecular complexity index is 848. The van der Waals surface area contributed by atoms with Crippen molar-refractivity contribution in [1.82, 2.24) is 19.6 Å². The molecule has 1 aromatic carbocycles. The van der Waals surface area contributed by atoms with Gasteiger partial charge in [-0.1, -0.05) is 11.2 Å². The van der Waals surface area contributed by atoms with Gasteiger partial charge in [0.15, 0.2) is 11.5 Å². The number of methoxy groups -OCH3 is 1. The molecule has 0 fully saturated rings. The van der Waals surface area contributed by atoms with Crippen LogP contribution >= 0.6 is 0 Å². The number of ether oxygens (including phenoxy) is 1. The van der Waals surface area contributed by atoms with Crippen molar-refractivity contribution in [3.05, 3.63) is 34.5 Å². The third-order valence-electron chi connectivity index (χ3n) is 2.83. The van der Waals surface area contributed by atoms with Crippen molar-refractivity contribution in [3.63, 3.8) is 0 Å². The molecule has 0 saturated carbocycles. The molecule has 0 atom stereocenters. The van der Waals surface area contributed by atoms with Gasteiger partial charge in [0.2, 0.25) is 5.95 Å². The van der Waals surface area contributed by atoms with E-state index in [9.17, 15) is 0 Å². The molecule has 2 heterocycles. The molecule has 0 saturated heterocycles. The molecular formula is C11H10N8O. The normalized spacial score (nSPS) is 10.7. The monoisotopic (exact) mass is 270 g/mol. The Morgan fingerprint density at radius 1 is 1.45 bits per heavy atom. The fourth-order valence-electron chi connectivity index (χ4n) is 2.00. The fraction of sp³-hybridized carbons (Fsp3) is 0.182. The molecule has 0 aliphatic rings. The number of azide groups is 1. The highest BCUT2D eigenvalue weighted by Gasteiger charge is 2.13. The van der Waals surface area contributed by atoms with Gasteiger partial charge in [-0.05, 0) is 17.7 Å². The lowest BCUT2D eigenvalue weighted by atomic mass is 10.2. The van der Waals surface area contributed by atoms with E-state index in [4.69, 9.17) is 16.0 Å². The predicted molar refractivity (Wildman–Crippen MR) is 72.1 cm³/mol. The quantitative estimate of drug-likeness (QED) is 0.440. The van der Waals surface area contributed by atoms with Crippen LogP contribution in [0.25, 0.3) is 27.0 Å². The topological polar surface area (TPSA) is 127 Å². The second kappa shape index (κ2) is 4.56. The summed E-state index contributed by atoms with van der Waals surface area (Å²) in [5.41, 5.74) is 15.4. The first-order chi connectivity index (χ1) is 9.74. The number of anilines is 1. The molecule has 3 aromatic rings. The number of benzene rings is 1. The second-order valence-corrected chi connectivity index (χ2v) is 3.98. The highest BCUT2D eigenvalue weighted by atomic mass is 16.5. The third-order valence-corrected chi connectivity index (χ3v) is 2.83. The van der Waals surface area contributed by atoms with Gasteiger partial charge >= 0.3 is 0 Å². The van der Waals surface area contributed by atoms with Gasteiger partial charge in [-0.25, -0.2) is 9.97 Å². The Morgan fingerprint density at radius 2 is 2.30 bits per heavy atom. The van der Waals surface area contributed by atoms with Crippen LogP contribution in [0.15, 0.2) is 23.3 Å². The van der Waals surface area contributed by atoms with Crippen LogP contribution in [0.1, 0.15) is 5.82 Å². The van der Waals surface area contributed by atoms with Crippen molar-refractivity contribution < 1.29 is 4.74 Å². The van der Waals surface area contributed by atoms with Crippen LogP contribution < -0.4 is 10.5 Å². The summed E-state index contributed by atoms with van der Waals surface area (Å²) in [6.07, 6.45) is 0. The van der Waals surface area contributed by atoms with E-state index in [0.717, 1.165) is 5.39 Å². The molecule has 0 radical (unpaired) electrons. The summed E-state index contributed by atoms with van der Waals surface area (Å²) in [5.74, 6) is 1.18. The zero-order valence-electron chi connectivity index (χ0n) is 10.6.